The fourth-order valence-electron chi connectivity index (χ4n) is 1.45. The summed E-state index contributed by atoms with van der Waals surface area (Å²) in [5.74, 6) is -0.465. The van der Waals surface area contributed by atoms with Crippen molar-refractivity contribution in [3.63, 3.8) is 0 Å². The molecule has 0 aliphatic heterocycles. The Hall–Kier alpha value is -2.01. The molecule has 1 N–H and O–H groups in total. The highest BCUT2D eigenvalue weighted by Crippen LogP contribution is 2.16. The number of hydrogen-bond acceptors (Lipinski definition) is 3. The van der Waals surface area contributed by atoms with Crippen LogP contribution in [0.3, 0.4) is 0 Å². The minimum Gasteiger partial charge on any atom is -0.476 e. The molecule has 18 heavy (non-hydrogen) atoms. The maximum Gasteiger partial charge on any atom is 0.357 e. The van der Waals surface area contributed by atoms with Crippen molar-refractivity contribution in [2.24, 2.45) is 0 Å². The second-order valence-electron chi connectivity index (χ2n) is 3.76. The van der Waals surface area contributed by atoms with E-state index < -0.39 is 5.97 Å². The van der Waals surface area contributed by atoms with Crippen molar-refractivity contribution in [2.75, 3.05) is 0 Å². The number of carbonyl (C=O) groups is 1. The van der Waals surface area contributed by atoms with Gasteiger partial charge in [-0.15, -0.1) is 0 Å². The first kappa shape index (κ1) is 12.4. The topological polar surface area (TPSA) is 64.3 Å². The lowest BCUT2D eigenvalue weighted by Crippen LogP contribution is -2.07. The minimum atomic E-state index is -1.16. The number of ether oxygens (including phenoxy) is 1. The van der Waals surface area contributed by atoms with E-state index in [-0.39, 0.29) is 17.4 Å². The Kier molecular flexibility index (Phi) is 3.53. The molecule has 0 amide bonds. The zero-order valence-electron chi connectivity index (χ0n) is 9.63. The van der Waals surface area contributed by atoms with Gasteiger partial charge in [-0.05, 0) is 24.6 Å². The highest BCUT2D eigenvalue weighted by Gasteiger charge is 2.13. The lowest BCUT2D eigenvalue weighted by atomic mass is 10.2. The van der Waals surface area contributed by atoms with Crippen molar-refractivity contribution in [3.05, 3.63) is 46.7 Å². The average Bonchev–Trinajstić information content (AvgIpc) is 2.68. The fraction of sp³-hybridized carbons (Fsp3) is 0.167. The summed E-state index contributed by atoms with van der Waals surface area (Å²) in [6, 6.07) is 7.53. The van der Waals surface area contributed by atoms with Gasteiger partial charge in [-0.3, -0.25) is 0 Å². The molecule has 0 aliphatic rings. The monoisotopic (exact) mass is 266 g/mol. The number of carboxylic acid groups (broad SMARTS) is 1. The first-order chi connectivity index (χ1) is 8.56. The number of aromatic carboxylic acids is 1. The van der Waals surface area contributed by atoms with Crippen molar-refractivity contribution >= 4 is 17.6 Å². The van der Waals surface area contributed by atoms with Crippen LogP contribution in [0.1, 0.15) is 16.1 Å². The van der Waals surface area contributed by atoms with E-state index in [0.717, 1.165) is 5.56 Å². The lowest BCUT2D eigenvalue weighted by molar-refractivity contribution is 0.0688. The van der Waals surface area contributed by atoms with Gasteiger partial charge in [-0.2, -0.15) is 5.10 Å². The number of aromatic nitrogens is 2. The zero-order valence-corrected chi connectivity index (χ0v) is 10.4. The molecule has 0 spiro atoms. The molecule has 1 heterocycles. The third kappa shape index (κ3) is 2.81. The summed E-state index contributed by atoms with van der Waals surface area (Å²) in [5.41, 5.74) is 0.904. The predicted molar refractivity (Wildman–Crippen MR) is 66.0 cm³/mol. The number of halogens is 1. The minimum absolute atomic E-state index is 0.0929. The van der Waals surface area contributed by atoms with Gasteiger partial charge < -0.3 is 9.84 Å². The summed E-state index contributed by atoms with van der Waals surface area (Å²) >= 11 is 5.73. The smallest absolute Gasteiger partial charge is 0.357 e. The van der Waals surface area contributed by atoms with Gasteiger partial charge >= 0.3 is 5.97 Å². The summed E-state index contributed by atoms with van der Waals surface area (Å²) in [7, 11) is 0. The molecule has 0 unspecified atom stereocenters. The molecule has 5 nitrogen and oxygen atoms in total. The summed E-state index contributed by atoms with van der Waals surface area (Å²) in [4.78, 5) is 10.8. The van der Waals surface area contributed by atoms with Gasteiger partial charge in [-0.1, -0.05) is 23.7 Å². The number of nitrogens with zero attached hydrogens (tertiary/aromatic N) is 2. The number of rotatable bonds is 4. The van der Waals surface area contributed by atoms with Gasteiger partial charge in [0.15, 0.2) is 12.4 Å². The second kappa shape index (κ2) is 5.10. The third-order valence-corrected chi connectivity index (χ3v) is 2.55. The summed E-state index contributed by atoms with van der Waals surface area (Å²) < 4.78 is 6.81. The first-order valence-electron chi connectivity index (χ1n) is 5.22. The molecule has 2 rings (SSSR count). The molecule has 1 aromatic heterocycles. The molecule has 0 saturated carbocycles. The number of benzene rings is 1. The SMILES string of the molecule is Cc1cccc(OCn2cc(Cl)c(C(=O)O)n2)c1. The van der Waals surface area contributed by atoms with Crippen molar-refractivity contribution in [2.45, 2.75) is 13.7 Å². The zero-order chi connectivity index (χ0) is 13.1. The van der Waals surface area contributed by atoms with E-state index >= 15 is 0 Å². The van der Waals surface area contributed by atoms with Crippen molar-refractivity contribution in [1.82, 2.24) is 9.78 Å². The standard InChI is InChI=1S/C12H11ClN2O3/c1-8-3-2-4-9(5-8)18-7-15-6-10(13)11(14-15)12(16)17/h2-6H,7H2,1H3,(H,16,17). The molecule has 0 aliphatic carbocycles. The Morgan fingerprint density at radius 2 is 2.33 bits per heavy atom. The molecule has 94 valence electrons. The van der Waals surface area contributed by atoms with Crippen LogP contribution in [0.2, 0.25) is 5.02 Å². The van der Waals surface area contributed by atoms with Crippen molar-refractivity contribution < 1.29 is 14.6 Å². The number of hydrogen-bond donors (Lipinski definition) is 1. The Balaban J connectivity index is 2.06. The van der Waals surface area contributed by atoms with E-state index in [9.17, 15) is 4.79 Å². The van der Waals surface area contributed by atoms with Gasteiger partial charge in [-0.25, -0.2) is 9.48 Å². The molecular formula is C12H11ClN2O3. The molecular weight excluding hydrogens is 256 g/mol. The number of carboxylic acids is 1. The molecule has 0 atom stereocenters. The van der Waals surface area contributed by atoms with Crippen LogP contribution in [0, 0.1) is 6.92 Å². The highest BCUT2D eigenvalue weighted by molar-refractivity contribution is 6.33. The summed E-state index contributed by atoms with van der Waals surface area (Å²) in [5, 5.41) is 12.7. The Morgan fingerprint density at radius 3 is 2.94 bits per heavy atom. The molecule has 6 heteroatoms. The van der Waals surface area contributed by atoms with E-state index in [1.807, 2.05) is 31.2 Å². The van der Waals surface area contributed by atoms with Gasteiger partial charge in [0.1, 0.15) is 5.75 Å². The summed E-state index contributed by atoms with van der Waals surface area (Å²) in [6.07, 6.45) is 1.42. The van der Waals surface area contributed by atoms with Crippen molar-refractivity contribution in [3.8, 4) is 5.75 Å². The van der Waals surface area contributed by atoms with Gasteiger partial charge in [0.05, 0.1) is 5.02 Å². The van der Waals surface area contributed by atoms with E-state index in [2.05, 4.69) is 5.10 Å². The molecule has 0 radical (unpaired) electrons. The first-order valence-corrected chi connectivity index (χ1v) is 5.60. The quantitative estimate of drug-likeness (QED) is 0.924. The maximum atomic E-state index is 10.8. The molecule has 2 aromatic rings. The van der Waals surface area contributed by atoms with Crippen LogP contribution >= 0.6 is 11.6 Å². The molecule has 1 aromatic carbocycles. The van der Waals surface area contributed by atoms with E-state index in [1.165, 1.54) is 10.9 Å². The summed E-state index contributed by atoms with van der Waals surface area (Å²) in [6.45, 7) is 2.07. The molecule has 0 bridgehead atoms. The average molecular weight is 267 g/mol. The molecule has 0 fully saturated rings. The third-order valence-electron chi connectivity index (χ3n) is 2.27. The second-order valence-corrected chi connectivity index (χ2v) is 4.17. The van der Waals surface area contributed by atoms with Crippen molar-refractivity contribution in [1.29, 1.82) is 0 Å². The lowest BCUT2D eigenvalue weighted by Gasteiger charge is -2.06. The van der Waals surface area contributed by atoms with Gasteiger partial charge in [0.25, 0.3) is 0 Å². The van der Waals surface area contributed by atoms with Gasteiger partial charge in [0, 0.05) is 6.20 Å². The highest BCUT2D eigenvalue weighted by atomic mass is 35.5. The van der Waals surface area contributed by atoms with E-state index in [1.54, 1.807) is 0 Å². The van der Waals surface area contributed by atoms with Gasteiger partial charge in [0.2, 0.25) is 0 Å². The van der Waals surface area contributed by atoms with Crippen LogP contribution in [0.25, 0.3) is 0 Å². The van der Waals surface area contributed by atoms with Crippen LogP contribution in [0.4, 0.5) is 0 Å². The largest absolute Gasteiger partial charge is 0.476 e. The van der Waals surface area contributed by atoms with E-state index in [0.29, 0.717) is 5.75 Å². The van der Waals surface area contributed by atoms with Crippen LogP contribution < -0.4 is 4.74 Å². The number of aryl methyl sites for hydroxylation is 1. The van der Waals surface area contributed by atoms with Crippen LogP contribution in [0.15, 0.2) is 30.5 Å². The Bertz CT molecular complexity index is 580. The molecule has 0 saturated heterocycles. The Morgan fingerprint density at radius 1 is 1.56 bits per heavy atom. The maximum absolute atomic E-state index is 10.8. The van der Waals surface area contributed by atoms with Crippen LogP contribution in [-0.4, -0.2) is 20.9 Å². The van der Waals surface area contributed by atoms with E-state index in [4.69, 9.17) is 21.4 Å². The normalized spacial score (nSPS) is 10.3. The van der Waals surface area contributed by atoms with Crippen LogP contribution in [0.5, 0.6) is 5.75 Å². The fourth-order valence-corrected chi connectivity index (χ4v) is 1.69. The Labute approximate surface area is 109 Å². The predicted octanol–water partition coefficient (Wildman–Crippen LogP) is 2.58. The van der Waals surface area contributed by atoms with Crippen LogP contribution in [-0.2, 0) is 6.73 Å².